The molecular weight excluding hydrogens is 232 g/mol. The van der Waals surface area contributed by atoms with E-state index in [0.717, 1.165) is 29.9 Å². The second-order valence-electron chi connectivity index (χ2n) is 4.20. The van der Waals surface area contributed by atoms with Crippen LogP contribution in [0.1, 0.15) is 19.8 Å². The Morgan fingerprint density at radius 1 is 1.41 bits per heavy atom. The quantitative estimate of drug-likeness (QED) is 0.828. The lowest BCUT2D eigenvalue weighted by atomic mass is 10.0. The molecule has 0 spiro atoms. The van der Waals surface area contributed by atoms with Crippen molar-refractivity contribution < 1.29 is 5.11 Å². The lowest BCUT2D eigenvalue weighted by molar-refractivity contribution is 0.258. The van der Waals surface area contributed by atoms with E-state index in [1.165, 1.54) is 16.9 Å². The van der Waals surface area contributed by atoms with Gasteiger partial charge in [-0.2, -0.15) is 4.37 Å². The SMILES string of the molecule is CCC(CCO)CNc1snc2ccccc12. The Morgan fingerprint density at radius 3 is 3.00 bits per heavy atom. The number of nitrogens with one attached hydrogen (secondary N) is 1. The van der Waals surface area contributed by atoms with Crippen LogP contribution in [0.3, 0.4) is 0 Å². The van der Waals surface area contributed by atoms with Crippen LogP contribution in [0.25, 0.3) is 10.9 Å². The van der Waals surface area contributed by atoms with Crippen molar-refractivity contribution in [3.05, 3.63) is 24.3 Å². The number of anilines is 1. The van der Waals surface area contributed by atoms with Crippen LogP contribution in [0, 0.1) is 5.92 Å². The third-order valence-electron chi connectivity index (χ3n) is 3.05. The van der Waals surface area contributed by atoms with Gasteiger partial charge in [0.1, 0.15) is 5.00 Å². The molecule has 1 unspecified atom stereocenters. The summed E-state index contributed by atoms with van der Waals surface area (Å²) in [6, 6.07) is 8.16. The highest BCUT2D eigenvalue weighted by atomic mass is 32.1. The molecule has 0 amide bonds. The zero-order valence-corrected chi connectivity index (χ0v) is 10.8. The molecule has 0 radical (unpaired) electrons. The molecule has 0 saturated carbocycles. The van der Waals surface area contributed by atoms with Crippen molar-refractivity contribution in [3.8, 4) is 0 Å². The smallest absolute Gasteiger partial charge is 0.117 e. The van der Waals surface area contributed by atoms with Crippen LogP contribution in [0.2, 0.25) is 0 Å². The second-order valence-corrected chi connectivity index (χ2v) is 4.97. The van der Waals surface area contributed by atoms with E-state index in [1.54, 1.807) is 0 Å². The van der Waals surface area contributed by atoms with Crippen molar-refractivity contribution in [2.24, 2.45) is 5.92 Å². The van der Waals surface area contributed by atoms with E-state index in [2.05, 4.69) is 22.7 Å². The highest BCUT2D eigenvalue weighted by Crippen LogP contribution is 2.27. The highest BCUT2D eigenvalue weighted by Gasteiger charge is 2.08. The lowest BCUT2D eigenvalue weighted by Gasteiger charge is -2.14. The maximum Gasteiger partial charge on any atom is 0.117 e. The fourth-order valence-electron chi connectivity index (χ4n) is 1.89. The van der Waals surface area contributed by atoms with Gasteiger partial charge in [0.05, 0.1) is 5.52 Å². The van der Waals surface area contributed by atoms with Gasteiger partial charge in [-0.05, 0) is 36.0 Å². The number of aliphatic hydroxyl groups is 1. The number of hydrogen-bond donors (Lipinski definition) is 2. The third-order valence-corrected chi connectivity index (χ3v) is 3.88. The van der Waals surface area contributed by atoms with E-state index in [0.29, 0.717) is 5.92 Å². The molecule has 0 fully saturated rings. The number of fused-ring (bicyclic) bond motifs is 1. The van der Waals surface area contributed by atoms with E-state index in [-0.39, 0.29) is 6.61 Å². The van der Waals surface area contributed by atoms with Crippen LogP contribution in [0.4, 0.5) is 5.00 Å². The highest BCUT2D eigenvalue weighted by molar-refractivity contribution is 7.11. The van der Waals surface area contributed by atoms with Gasteiger partial charge in [-0.25, -0.2) is 0 Å². The molecule has 0 bridgehead atoms. The zero-order valence-electron chi connectivity index (χ0n) is 10.0. The van der Waals surface area contributed by atoms with E-state index >= 15 is 0 Å². The summed E-state index contributed by atoms with van der Waals surface area (Å²) in [5.41, 5.74) is 1.05. The monoisotopic (exact) mass is 250 g/mol. The van der Waals surface area contributed by atoms with Gasteiger partial charge in [0.2, 0.25) is 0 Å². The first-order chi connectivity index (χ1) is 8.35. The minimum absolute atomic E-state index is 0.267. The maximum atomic E-state index is 8.96. The van der Waals surface area contributed by atoms with Crippen molar-refractivity contribution in [3.63, 3.8) is 0 Å². The van der Waals surface area contributed by atoms with Crippen LogP contribution < -0.4 is 5.32 Å². The minimum Gasteiger partial charge on any atom is -0.396 e. The largest absolute Gasteiger partial charge is 0.396 e. The molecular formula is C13H18N2OS. The van der Waals surface area contributed by atoms with Gasteiger partial charge < -0.3 is 10.4 Å². The summed E-state index contributed by atoms with van der Waals surface area (Å²) in [4.78, 5) is 0. The fourth-order valence-corrected chi connectivity index (χ4v) is 2.65. The number of benzene rings is 1. The van der Waals surface area contributed by atoms with E-state index in [4.69, 9.17) is 5.11 Å². The number of hydrogen-bond acceptors (Lipinski definition) is 4. The van der Waals surface area contributed by atoms with Gasteiger partial charge in [-0.15, -0.1) is 0 Å². The molecule has 1 aromatic heterocycles. The minimum atomic E-state index is 0.267. The first-order valence-electron chi connectivity index (χ1n) is 6.04. The molecule has 1 atom stereocenters. The average molecular weight is 250 g/mol. The zero-order chi connectivity index (χ0) is 12.1. The molecule has 2 aromatic rings. The molecule has 2 rings (SSSR count). The van der Waals surface area contributed by atoms with E-state index in [9.17, 15) is 0 Å². The van der Waals surface area contributed by atoms with Crippen molar-refractivity contribution >= 4 is 27.4 Å². The number of aromatic nitrogens is 1. The number of aliphatic hydroxyl groups excluding tert-OH is 1. The molecule has 17 heavy (non-hydrogen) atoms. The van der Waals surface area contributed by atoms with Gasteiger partial charge in [-0.3, -0.25) is 0 Å². The van der Waals surface area contributed by atoms with Crippen LogP contribution >= 0.6 is 11.5 Å². The van der Waals surface area contributed by atoms with Gasteiger partial charge in [0.15, 0.2) is 0 Å². The summed E-state index contributed by atoms with van der Waals surface area (Å²) in [6.07, 6.45) is 1.95. The van der Waals surface area contributed by atoms with Crippen LogP contribution in [0.5, 0.6) is 0 Å². The normalized spacial score (nSPS) is 12.8. The summed E-state index contributed by atoms with van der Waals surface area (Å²) in [5, 5.41) is 14.7. The Hall–Kier alpha value is -1.13. The van der Waals surface area contributed by atoms with E-state index < -0.39 is 0 Å². The predicted molar refractivity (Wildman–Crippen MR) is 73.6 cm³/mol. The fraction of sp³-hybridized carbons (Fsp3) is 0.462. The summed E-state index contributed by atoms with van der Waals surface area (Å²) in [6.45, 7) is 3.33. The molecule has 1 aromatic carbocycles. The Kier molecular flexibility index (Phi) is 4.34. The lowest BCUT2D eigenvalue weighted by Crippen LogP contribution is -2.14. The number of nitrogens with zero attached hydrogens (tertiary/aromatic N) is 1. The van der Waals surface area contributed by atoms with Crippen LogP contribution in [-0.2, 0) is 0 Å². The molecule has 92 valence electrons. The van der Waals surface area contributed by atoms with E-state index in [1.807, 2.05) is 18.2 Å². The summed E-state index contributed by atoms with van der Waals surface area (Å²) >= 11 is 1.51. The van der Waals surface area contributed by atoms with Crippen molar-refractivity contribution in [2.45, 2.75) is 19.8 Å². The van der Waals surface area contributed by atoms with Gasteiger partial charge >= 0.3 is 0 Å². The van der Waals surface area contributed by atoms with Gasteiger partial charge in [-0.1, -0.05) is 25.5 Å². The predicted octanol–water partition coefficient (Wildman–Crippen LogP) is 3.12. The van der Waals surface area contributed by atoms with Crippen LogP contribution in [0.15, 0.2) is 24.3 Å². The van der Waals surface area contributed by atoms with Crippen molar-refractivity contribution in [1.29, 1.82) is 0 Å². The molecule has 0 aliphatic rings. The topological polar surface area (TPSA) is 45.1 Å². The van der Waals surface area contributed by atoms with Gasteiger partial charge in [0.25, 0.3) is 0 Å². The van der Waals surface area contributed by atoms with Gasteiger partial charge in [0, 0.05) is 18.5 Å². The second kappa shape index (κ2) is 5.98. The first kappa shape index (κ1) is 12.3. The average Bonchev–Trinajstić information content (AvgIpc) is 2.78. The molecule has 0 aliphatic heterocycles. The Balaban J connectivity index is 2.03. The number of rotatable bonds is 6. The molecule has 0 saturated heterocycles. The Morgan fingerprint density at radius 2 is 2.24 bits per heavy atom. The molecule has 3 nitrogen and oxygen atoms in total. The Labute approximate surface area is 106 Å². The summed E-state index contributed by atoms with van der Waals surface area (Å²) in [5.74, 6) is 0.529. The molecule has 2 N–H and O–H groups in total. The summed E-state index contributed by atoms with van der Waals surface area (Å²) in [7, 11) is 0. The summed E-state index contributed by atoms with van der Waals surface area (Å²) < 4.78 is 4.40. The van der Waals surface area contributed by atoms with Crippen LogP contribution in [-0.4, -0.2) is 22.6 Å². The first-order valence-corrected chi connectivity index (χ1v) is 6.81. The Bertz CT molecular complexity index is 469. The molecule has 0 aliphatic carbocycles. The molecule has 1 heterocycles. The maximum absolute atomic E-state index is 8.96. The third kappa shape index (κ3) is 2.96. The van der Waals surface area contributed by atoms with Crippen molar-refractivity contribution in [2.75, 3.05) is 18.5 Å². The van der Waals surface area contributed by atoms with Crippen molar-refractivity contribution in [1.82, 2.24) is 4.37 Å². The standard InChI is InChI=1S/C13H18N2OS/c1-2-10(7-8-16)9-14-13-11-5-3-4-6-12(11)15-17-13/h3-6,10,14,16H,2,7-9H2,1H3. The molecule has 4 heteroatoms.